The second-order valence-corrected chi connectivity index (χ2v) is 6.78. The van der Waals surface area contributed by atoms with Gasteiger partial charge in [-0.3, -0.25) is 4.55 Å². The van der Waals surface area contributed by atoms with Gasteiger partial charge in [-0.1, -0.05) is 18.2 Å². The molecular weight excluding hydrogens is 285 g/mol. The first kappa shape index (κ1) is 17.0. The van der Waals surface area contributed by atoms with Crippen molar-refractivity contribution in [2.24, 2.45) is 0 Å². The van der Waals surface area contributed by atoms with E-state index in [2.05, 4.69) is 5.32 Å². The van der Waals surface area contributed by atoms with Crippen LogP contribution in [0.3, 0.4) is 0 Å². The fourth-order valence-electron chi connectivity index (χ4n) is 1.85. The third-order valence-corrected chi connectivity index (χ3v) is 3.85. The Morgan fingerprint density at radius 2 is 1.95 bits per heavy atom. The van der Waals surface area contributed by atoms with Crippen LogP contribution in [-0.4, -0.2) is 35.9 Å². The van der Waals surface area contributed by atoms with Crippen LogP contribution in [0.4, 0.5) is 4.39 Å². The minimum absolute atomic E-state index is 0.180. The van der Waals surface area contributed by atoms with E-state index in [0.29, 0.717) is 0 Å². The molecule has 114 valence electrons. The van der Waals surface area contributed by atoms with Crippen LogP contribution in [0, 0.1) is 5.82 Å². The molecule has 0 amide bonds. The zero-order chi connectivity index (χ0) is 15.4. The molecule has 0 aliphatic carbocycles. The number of rotatable bonds is 7. The molecule has 0 aliphatic heterocycles. The van der Waals surface area contributed by atoms with Gasteiger partial charge in [-0.05, 0) is 32.9 Å². The van der Waals surface area contributed by atoms with Gasteiger partial charge < -0.3 is 10.4 Å². The summed E-state index contributed by atoms with van der Waals surface area (Å²) >= 11 is 0. The van der Waals surface area contributed by atoms with Crippen LogP contribution in [-0.2, 0) is 10.1 Å². The van der Waals surface area contributed by atoms with Crippen molar-refractivity contribution >= 4 is 10.1 Å². The summed E-state index contributed by atoms with van der Waals surface area (Å²) in [6.07, 6.45) is -0.874. The van der Waals surface area contributed by atoms with E-state index in [-0.39, 0.29) is 24.3 Å². The highest BCUT2D eigenvalue weighted by molar-refractivity contribution is 7.85. The molecule has 0 aromatic heterocycles. The Balaban J connectivity index is 2.62. The maximum absolute atomic E-state index is 13.6. The lowest BCUT2D eigenvalue weighted by Crippen LogP contribution is -2.45. The van der Waals surface area contributed by atoms with Gasteiger partial charge in [0.2, 0.25) is 0 Å². The Bertz CT molecular complexity index is 545. The van der Waals surface area contributed by atoms with Crippen molar-refractivity contribution < 1.29 is 22.5 Å². The summed E-state index contributed by atoms with van der Waals surface area (Å²) in [6, 6.07) is 5.95. The van der Waals surface area contributed by atoms with E-state index < -0.39 is 27.6 Å². The number of benzene rings is 1. The third-order valence-electron chi connectivity index (χ3n) is 3.04. The van der Waals surface area contributed by atoms with Crippen LogP contribution in [0.1, 0.15) is 31.9 Å². The van der Waals surface area contributed by atoms with Crippen molar-refractivity contribution in [1.29, 1.82) is 0 Å². The van der Waals surface area contributed by atoms with Crippen LogP contribution in [0.25, 0.3) is 0 Å². The van der Waals surface area contributed by atoms with Gasteiger partial charge in [-0.15, -0.1) is 0 Å². The molecule has 0 bridgehead atoms. The van der Waals surface area contributed by atoms with Gasteiger partial charge in [0.25, 0.3) is 10.1 Å². The van der Waals surface area contributed by atoms with Gasteiger partial charge in [0.15, 0.2) is 0 Å². The van der Waals surface area contributed by atoms with Gasteiger partial charge >= 0.3 is 0 Å². The smallest absolute Gasteiger partial charge is 0.264 e. The Hall–Kier alpha value is -1.02. The van der Waals surface area contributed by atoms with Gasteiger partial charge in [0.05, 0.1) is 11.9 Å². The second-order valence-electron chi connectivity index (χ2n) is 5.21. The molecule has 0 fully saturated rings. The number of aliphatic hydroxyl groups excluding tert-OH is 1. The average Bonchev–Trinajstić information content (AvgIpc) is 2.33. The molecule has 1 rings (SSSR count). The largest absolute Gasteiger partial charge is 0.386 e. The molecule has 20 heavy (non-hydrogen) atoms. The monoisotopic (exact) mass is 305 g/mol. The first-order chi connectivity index (χ1) is 9.13. The Labute approximate surface area is 118 Å². The lowest BCUT2D eigenvalue weighted by atomic mass is 9.91. The number of hydrogen-bond donors (Lipinski definition) is 3. The Kier molecular flexibility index (Phi) is 5.64. The number of nitrogens with one attached hydrogen (secondary N) is 1. The number of halogens is 1. The molecule has 0 spiro atoms. The normalized spacial score (nSPS) is 14.2. The summed E-state index contributed by atoms with van der Waals surface area (Å²) in [6.45, 7) is 3.66. The fraction of sp³-hybridized carbons (Fsp3) is 0.538. The van der Waals surface area contributed by atoms with E-state index in [1.54, 1.807) is 19.9 Å². The molecule has 7 heteroatoms. The SMILES string of the molecule is CC(C)(NCCCS(=O)(=O)O)C(O)c1ccccc1F. The molecule has 0 saturated carbocycles. The predicted octanol–water partition coefficient (Wildman–Crippen LogP) is 1.51. The van der Waals surface area contributed by atoms with E-state index in [1.165, 1.54) is 18.2 Å². The van der Waals surface area contributed by atoms with E-state index in [4.69, 9.17) is 4.55 Å². The molecule has 1 unspecified atom stereocenters. The lowest BCUT2D eigenvalue weighted by molar-refractivity contribution is 0.0773. The summed E-state index contributed by atoms with van der Waals surface area (Å²) in [5, 5.41) is 13.2. The van der Waals surface area contributed by atoms with Crippen molar-refractivity contribution in [2.45, 2.75) is 31.9 Å². The summed E-state index contributed by atoms with van der Waals surface area (Å²) in [5.74, 6) is -0.848. The van der Waals surface area contributed by atoms with Gasteiger partial charge in [-0.25, -0.2) is 4.39 Å². The Morgan fingerprint density at radius 1 is 1.35 bits per heavy atom. The molecule has 0 radical (unpaired) electrons. The Morgan fingerprint density at radius 3 is 2.50 bits per heavy atom. The minimum Gasteiger partial charge on any atom is -0.386 e. The summed E-state index contributed by atoms with van der Waals surface area (Å²) in [5.41, 5.74) is -0.652. The molecule has 0 heterocycles. The quantitative estimate of drug-likeness (QED) is 0.525. The standard InChI is InChI=1S/C13H20FNO4S/c1-13(2,15-8-5-9-20(17,18)19)12(16)10-6-3-4-7-11(10)14/h3-4,6-7,12,15-16H,5,8-9H2,1-2H3,(H,17,18,19). The zero-order valence-corrected chi connectivity index (χ0v) is 12.3. The first-order valence-corrected chi connectivity index (χ1v) is 7.87. The van der Waals surface area contributed by atoms with Crippen molar-refractivity contribution in [3.63, 3.8) is 0 Å². The van der Waals surface area contributed by atoms with E-state index in [0.717, 1.165) is 0 Å². The maximum atomic E-state index is 13.6. The molecular formula is C13H20FNO4S. The van der Waals surface area contributed by atoms with Crippen molar-refractivity contribution in [3.8, 4) is 0 Å². The molecule has 0 aliphatic rings. The minimum atomic E-state index is -3.98. The molecule has 3 N–H and O–H groups in total. The van der Waals surface area contributed by atoms with E-state index in [1.807, 2.05) is 0 Å². The highest BCUT2D eigenvalue weighted by Gasteiger charge is 2.30. The highest BCUT2D eigenvalue weighted by Crippen LogP contribution is 2.27. The van der Waals surface area contributed by atoms with Gasteiger partial charge in [0, 0.05) is 11.1 Å². The summed E-state index contributed by atoms with van der Waals surface area (Å²) < 4.78 is 43.4. The third kappa shape index (κ3) is 5.16. The van der Waals surface area contributed by atoms with Crippen LogP contribution >= 0.6 is 0 Å². The molecule has 1 aromatic rings. The highest BCUT2D eigenvalue weighted by atomic mass is 32.2. The second kappa shape index (κ2) is 6.62. The topological polar surface area (TPSA) is 86.6 Å². The molecule has 0 saturated heterocycles. The average molecular weight is 305 g/mol. The number of aliphatic hydroxyl groups is 1. The van der Waals surface area contributed by atoms with Crippen LogP contribution in [0.5, 0.6) is 0 Å². The fourth-order valence-corrected chi connectivity index (χ4v) is 2.36. The maximum Gasteiger partial charge on any atom is 0.264 e. The first-order valence-electron chi connectivity index (χ1n) is 6.26. The van der Waals surface area contributed by atoms with Crippen LogP contribution in [0.15, 0.2) is 24.3 Å². The molecule has 1 aromatic carbocycles. The molecule has 1 atom stereocenters. The summed E-state index contributed by atoms with van der Waals surface area (Å²) in [4.78, 5) is 0. The van der Waals surface area contributed by atoms with Crippen LogP contribution < -0.4 is 5.32 Å². The number of hydrogen-bond acceptors (Lipinski definition) is 4. The van der Waals surface area contributed by atoms with Crippen molar-refractivity contribution in [1.82, 2.24) is 5.32 Å². The van der Waals surface area contributed by atoms with E-state index in [9.17, 15) is 17.9 Å². The van der Waals surface area contributed by atoms with Gasteiger partial charge in [0.1, 0.15) is 5.82 Å². The van der Waals surface area contributed by atoms with Gasteiger partial charge in [-0.2, -0.15) is 8.42 Å². The molecule has 5 nitrogen and oxygen atoms in total. The van der Waals surface area contributed by atoms with Crippen molar-refractivity contribution in [3.05, 3.63) is 35.6 Å². The predicted molar refractivity (Wildman–Crippen MR) is 74.5 cm³/mol. The zero-order valence-electron chi connectivity index (χ0n) is 11.5. The van der Waals surface area contributed by atoms with Crippen LogP contribution in [0.2, 0.25) is 0 Å². The van der Waals surface area contributed by atoms with Crippen molar-refractivity contribution in [2.75, 3.05) is 12.3 Å². The summed E-state index contributed by atoms with van der Waals surface area (Å²) in [7, 11) is -3.98. The lowest BCUT2D eigenvalue weighted by Gasteiger charge is -2.32. The van der Waals surface area contributed by atoms with E-state index >= 15 is 0 Å².